The zero-order valence-corrected chi connectivity index (χ0v) is 10.9. The SMILES string of the molecule is Cc1ccc(S(=O)(=O)Cl)cc1.[Na+].[OH-]. The summed E-state index contributed by atoms with van der Waals surface area (Å²) in [5.41, 5.74) is 1.01. The van der Waals surface area contributed by atoms with E-state index in [1.807, 2.05) is 6.92 Å². The van der Waals surface area contributed by atoms with Crippen molar-refractivity contribution >= 4 is 19.7 Å². The molecule has 0 atom stereocenters. The van der Waals surface area contributed by atoms with Gasteiger partial charge >= 0.3 is 29.6 Å². The van der Waals surface area contributed by atoms with E-state index in [9.17, 15) is 8.42 Å². The maximum atomic E-state index is 10.7. The predicted molar refractivity (Wildman–Crippen MR) is 46.2 cm³/mol. The maximum Gasteiger partial charge on any atom is 1.00 e. The second-order valence-corrected chi connectivity index (χ2v) is 4.82. The summed E-state index contributed by atoms with van der Waals surface area (Å²) in [6.07, 6.45) is 0. The molecule has 0 aliphatic carbocycles. The molecule has 0 radical (unpaired) electrons. The fourth-order valence-electron chi connectivity index (χ4n) is 0.701. The first-order valence-corrected chi connectivity index (χ1v) is 5.32. The van der Waals surface area contributed by atoms with Gasteiger partial charge < -0.3 is 5.48 Å². The minimum Gasteiger partial charge on any atom is -0.870 e. The van der Waals surface area contributed by atoms with Crippen LogP contribution in [0.4, 0.5) is 0 Å². The number of aryl methyl sites for hydroxylation is 1. The normalized spacial score (nSPS) is 9.69. The Morgan fingerprint density at radius 1 is 1.15 bits per heavy atom. The molecule has 0 heterocycles. The molecule has 0 fully saturated rings. The van der Waals surface area contributed by atoms with E-state index in [0.29, 0.717) is 0 Å². The molecular formula is C7H8ClNaO3S. The summed E-state index contributed by atoms with van der Waals surface area (Å²) < 4.78 is 21.4. The smallest absolute Gasteiger partial charge is 0.870 e. The topological polar surface area (TPSA) is 64.1 Å². The molecule has 0 saturated heterocycles. The summed E-state index contributed by atoms with van der Waals surface area (Å²) in [5.74, 6) is 0. The van der Waals surface area contributed by atoms with Crippen molar-refractivity contribution in [2.75, 3.05) is 0 Å². The van der Waals surface area contributed by atoms with Crippen LogP contribution >= 0.6 is 10.7 Å². The number of hydrogen-bond donors (Lipinski definition) is 0. The van der Waals surface area contributed by atoms with Crippen molar-refractivity contribution in [3.05, 3.63) is 29.8 Å². The van der Waals surface area contributed by atoms with Gasteiger partial charge in [0.15, 0.2) is 0 Å². The van der Waals surface area contributed by atoms with Gasteiger partial charge in [-0.3, -0.25) is 0 Å². The molecule has 0 bridgehead atoms. The van der Waals surface area contributed by atoms with Crippen molar-refractivity contribution in [1.82, 2.24) is 0 Å². The Balaban J connectivity index is 0. The molecule has 1 rings (SSSR count). The molecular weight excluding hydrogens is 223 g/mol. The van der Waals surface area contributed by atoms with E-state index in [4.69, 9.17) is 10.7 Å². The molecule has 0 aliphatic heterocycles. The van der Waals surface area contributed by atoms with Crippen molar-refractivity contribution in [2.45, 2.75) is 11.8 Å². The summed E-state index contributed by atoms with van der Waals surface area (Å²) in [6, 6.07) is 6.37. The molecule has 0 aromatic heterocycles. The molecule has 0 spiro atoms. The van der Waals surface area contributed by atoms with Crippen LogP contribution in [0.1, 0.15) is 5.56 Å². The zero-order chi connectivity index (χ0) is 8.48. The van der Waals surface area contributed by atoms with Crippen LogP contribution in [0.25, 0.3) is 0 Å². The Kier molecular flexibility index (Phi) is 7.34. The van der Waals surface area contributed by atoms with Gasteiger partial charge in [-0.25, -0.2) is 8.42 Å². The molecule has 6 heteroatoms. The first-order valence-electron chi connectivity index (χ1n) is 3.01. The van der Waals surface area contributed by atoms with Gasteiger partial charge in [0.05, 0.1) is 4.90 Å². The van der Waals surface area contributed by atoms with Crippen LogP contribution in [0, 0.1) is 6.92 Å². The average Bonchev–Trinajstić information content (AvgIpc) is 1.86. The summed E-state index contributed by atoms with van der Waals surface area (Å²) in [6.45, 7) is 1.88. The Bertz CT molecular complexity index is 347. The third-order valence-electron chi connectivity index (χ3n) is 1.30. The van der Waals surface area contributed by atoms with Crippen LogP contribution in [-0.4, -0.2) is 13.9 Å². The Morgan fingerprint density at radius 2 is 1.54 bits per heavy atom. The predicted octanol–water partition coefficient (Wildman–Crippen LogP) is -1.25. The Morgan fingerprint density at radius 3 is 1.85 bits per heavy atom. The average molecular weight is 231 g/mol. The fraction of sp³-hybridized carbons (Fsp3) is 0.143. The van der Waals surface area contributed by atoms with Gasteiger partial charge in [-0.1, -0.05) is 17.7 Å². The molecule has 0 unspecified atom stereocenters. The quantitative estimate of drug-likeness (QED) is 0.447. The van der Waals surface area contributed by atoms with E-state index in [0.717, 1.165) is 5.56 Å². The number of benzene rings is 1. The summed E-state index contributed by atoms with van der Waals surface area (Å²) in [7, 11) is 1.54. The maximum absolute atomic E-state index is 10.7. The van der Waals surface area contributed by atoms with Crippen molar-refractivity contribution in [1.29, 1.82) is 0 Å². The number of halogens is 1. The van der Waals surface area contributed by atoms with Crippen LogP contribution in [0.3, 0.4) is 0 Å². The van der Waals surface area contributed by atoms with Crippen LogP contribution in [-0.2, 0) is 9.05 Å². The largest absolute Gasteiger partial charge is 1.00 e. The second-order valence-electron chi connectivity index (χ2n) is 2.25. The molecule has 0 saturated carbocycles. The summed E-state index contributed by atoms with van der Waals surface area (Å²) >= 11 is 0. The Hall–Kier alpha value is 0.420. The molecule has 13 heavy (non-hydrogen) atoms. The van der Waals surface area contributed by atoms with Crippen molar-refractivity contribution in [3.63, 3.8) is 0 Å². The van der Waals surface area contributed by atoms with Gasteiger partial charge in [-0.15, -0.1) is 0 Å². The molecule has 0 aliphatic rings. The van der Waals surface area contributed by atoms with Crippen LogP contribution in [0.2, 0.25) is 0 Å². The zero-order valence-electron chi connectivity index (χ0n) is 7.36. The first-order chi connectivity index (χ1) is 5.00. The number of hydrogen-bond acceptors (Lipinski definition) is 3. The van der Waals surface area contributed by atoms with E-state index >= 15 is 0 Å². The van der Waals surface area contributed by atoms with Gasteiger partial charge in [0, 0.05) is 10.7 Å². The minimum atomic E-state index is -3.55. The standard InChI is InChI=1S/C7H7ClO2S.Na.H2O/c1-6-2-4-7(5-3-6)11(8,9)10;;/h2-5H,1H3;;1H2/q;+1;/p-1. The minimum absolute atomic E-state index is 0. The molecule has 0 amide bonds. The van der Waals surface area contributed by atoms with Crippen LogP contribution in [0.15, 0.2) is 29.2 Å². The molecule has 68 valence electrons. The fourth-order valence-corrected chi connectivity index (χ4v) is 1.47. The van der Waals surface area contributed by atoms with E-state index in [1.54, 1.807) is 12.1 Å². The van der Waals surface area contributed by atoms with Gasteiger partial charge in [0.2, 0.25) is 0 Å². The Labute approximate surface area is 104 Å². The van der Waals surface area contributed by atoms with Gasteiger partial charge in [0.25, 0.3) is 9.05 Å². The monoisotopic (exact) mass is 230 g/mol. The van der Waals surface area contributed by atoms with E-state index in [-0.39, 0.29) is 39.9 Å². The van der Waals surface area contributed by atoms with E-state index < -0.39 is 9.05 Å². The third-order valence-corrected chi connectivity index (χ3v) is 2.67. The molecule has 3 nitrogen and oxygen atoms in total. The van der Waals surface area contributed by atoms with Crippen molar-refractivity contribution in [2.24, 2.45) is 0 Å². The van der Waals surface area contributed by atoms with Gasteiger partial charge in [0.1, 0.15) is 0 Å². The second kappa shape index (κ2) is 6.01. The number of rotatable bonds is 1. The van der Waals surface area contributed by atoms with Crippen molar-refractivity contribution in [3.8, 4) is 0 Å². The van der Waals surface area contributed by atoms with Crippen LogP contribution in [0.5, 0.6) is 0 Å². The van der Waals surface area contributed by atoms with Gasteiger partial charge in [-0.2, -0.15) is 0 Å². The summed E-state index contributed by atoms with van der Waals surface area (Å²) in [4.78, 5) is 0.143. The third kappa shape index (κ3) is 5.00. The van der Waals surface area contributed by atoms with Crippen LogP contribution < -0.4 is 29.6 Å². The van der Waals surface area contributed by atoms with E-state index in [2.05, 4.69) is 0 Å². The van der Waals surface area contributed by atoms with Gasteiger partial charge in [-0.05, 0) is 19.1 Å². The summed E-state index contributed by atoms with van der Waals surface area (Å²) in [5, 5.41) is 0. The first kappa shape index (κ1) is 15.9. The van der Waals surface area contributed by atoms with Crippen molar-refractivity contribution < 1.29 is 43.5 Å². The molecule has 1 N–H and O–H groups in total. The molecule has 1 aromatic rings. The molecule has 1 aromatic carbocycles. The van der Waals surface area contributed by atoms with E-state index in [1.165, 1.54) is 12.1 Å².